The van der Waals surface area contributed by atoms with Gasteiger partial charge in [0.05, 0.1) is 12.8 Å². The Labute approximate surface area is 167 Å². The zero-order valence-electron chi connectivity index (χ0n) is 15.9. The molecule has 6 nitrogen and oxygen atoms in total. The van der Waals surface area contributed by atoms with Crippen LogP contribution in [0.3, 0.4) is 0 Å². The molecule has 0 atom stereocenters. The minimum absolute atomic E-state index is 0.0516. The molecule has 2 N–H and O–H groups in total. The van der Waals surface area contributed by atoms with Crippen LogP contribution in [0, 0.1) is 6.92 Å². The second-order valence-corrected chi connectivity index (χ2v) is 6.83. The van der Waals surface area contributed by atoms with Crippen molar-refractivity contribution in [1.82, 2.24) is 15.0 Å². The minimum atomic E-state index is -0.538. The molecule has 0 aliphatic carbocycles. The molecule has 0 unspecified atom stereocenters. The predicted molar refractivity (Wildman–Crippen MR) is 114 cm³/mol. The molecule has 2 heterocycles. The molecule has 144 valence electrons. The van der Waals surface area contributed by atoms with Crippen LogP contribution < -0.4 is 11.0 Å². The number of hydrazone groups is 1. The number of amides is 1. The first kappa shape index (κ1) is 18.4. The van der Waals surface area contributed by atoms with E-state index >= 15 is 0 Å². The number of H-pyrrole nitrogens is 1. The molecule has 0 aliphatic heterocycles. The van der Waals surface area contributed by atoms with Gasteiger partial charge in [-0.25, -0.2) is 5.43 Å². The van der Waals surface area contributed by atoms with E-state index in [9.17, 15) is 9.59 Å². The third kappa shape index (κ3) is 4.01. The topological polar surface area (TPSA) is 79.2 Å². The number of aromatic nitrogens is 2. The van der Waals surface area contributed by atoms with Crippen LogP contribution >= 0.6 is 0 Å². The number of aromatic amines is 1. The van der Waals surface area contributed by atoms with Crippen molar-refractivity contribution in [2.75, 3.05) is 0 Å². The Hall–Kier alpha value is -3.93. The summed E-state index contributed by atoms with van der Waals surface area (Å²) in [6.07, 6.45) is 5.05. The van der Waals surface area contributed by atoms with Crippen LogP contribution in [0.15, 0.2) is 83.0 Å². The van der Waals surface area contributed by atoms with Gasteiger partial charge in [-0.1, -0.05) is 48.0 Å². The largest absolute Gasteiger partial charge is 0.361 e. The average molecular weight is 384 g/mol. The molecule has 1 amide bonds. The summed E-state index contributed by atoms with van der Waals surface area (Å²) in [6, 6.07) is 18.9. The number of fused-ring (bicyclic) bond motifs is 1. The molecule has 6 heteroatoms. The third-order valence-electron chi connectivity index (χ3n) is 4.73. The Kier molecular flexibility index (Phi) is 5.07. The first-order valence-electron chi connectivity index (χ1n) is 9.26. The Morgan fingerprint density at radius 2 is 1.90 bits per heavy atom. The number of carbonyl (C=O) groups excluding carboxylic acids is 1. The summed E-state index contributed by atoms with van der Waals surface area (Å²) in [4.78, 5) is 28.3. The summed E-state index contributed by atoms with van der Waals surface area (Å²) in [5.74, 6) is -0.538. The van der Waals surface area contributed by atoms with E-state index in [2.05, 4.69) is 15.5 Å². The van der Waals surface area contributed by atoms with Gasteiger partial charge in [-0.2, -0.15) is 5.10 Å². The van der Waals surface area contributed by atoms with Crippen molar-refractivity contribution in [3.63, 3.8) is 0 Å². The number of carbonyl (C=O) groups is 1. The number of para-hydroxylation sites is 1. The second-order valence-electron chi connectivity index (χ2n) is 6.83. The van der Waals surface area contributed by atoms with Crippen LogP contribution in [0.2, 0.25) is 0 Å². The van der Waals surface area contributed by atoms with Crippen molar-refractivity contribution in [2.45, 2.75) is 13.5 Å². The molecular weight excluding hydrogens is 364 g/mol. The van der Waals surface area contributed by atoms with Crippen LogP contribution in [0.4, 0.5) is 0 Å². The highest BCUT2D eigenvalue weighted by molar-refractivity contribution is 6.00. The van der Waals surface area contributed by atoms with E-state index in [1.807, 2.05) is 61.7 Å². The summed E-state index contributed by atoms with van der Waals surface area (Å²) in [6.45, 7) is 2.41. The number of nitrogens with zero attached hydrogens (tertiary/aromatic N) is 2. The fraction of sp³-hybridized carbons (Fsp3) is 0.0870. The normalized spacial score (nSPS) is 11.2. The Morgan fingerprint density at radius 3 is 2.72 bits per heavy atom. The molecule has 29 heavy (non-hydrogen) atoms. The van der Waals surface area contributed by atoms with Gasteiger partial charge in [0.2, 0.25) is 0 Å². The quantitative estimate of drug-likeness (QED) is 0.408. The summed E-state index contributed by atoms with van der Waals surface area (Å²) in [5, 5.41) is 5.02. The minimum Gasteiger partial charge on any atom is -0.361 e. The van der Waals surface area contributed by atoms with Gasteiger partial charge >= 0.3 is 0 Å². The van der Waals surface area contributed by atoms with Crippen LogP contribution in [0.25, 0.3) is 10.9 Å². The van der Waals surface area contributed by atoms with Gasteiger partial charge < -0.3 is 9.55 Å². The van der Waals surface area contributed by atoms with Crippen LogP contribution in [-0.4, -0.2) is 21.7 Å². The lowest BCUT2D eigenvalue weighted by Crippen LogP contribution is -2.30. The van der Waals surface area contributed by atoms with E-state index in [4.69, 9.17) is 0 Å². The molecule has 0 fully saturated rings. The maximum atomic E-state index is 12.7. The molecule has 0 radical (unpaired) electrons. The van der Waals surface area contributed by atoms with E-state index in [1.54, 1.807) is 18.5 Å². The highest BCUT2D eigenvalue weighted by Gasteiger charge is 2.11. The van der Waals surface area contributed by atoms with Crippen molar-refractivity contribution in [3.05, 3.63) is 106 Å². The molecule has 0 aliphatic rings. The summed E-state index contributed by atoms with van der Waals surface area (Å²) in [7, 11) is 0. The lowest BCUT2D eigenvalue weighted by Gasteiger charge is -2.08. The average Bonchev–Trinajstić information content (AvgIpc) is 3.14. The molecular formula is C23H20N4O2. The predicted octanol–water partition coefficient (Wildman–Crippen LogP) is 3.45. The van der Waals surface area contributed by atoms with Gasteiger partial charge in [0.15, 0.2) is 0 Å². The molecule has 0 saturated heterocycles. The number of hydrogen-bond acceptors (Lipinski definition) is 3. The van der Waals surface area contributed by atoms with Crippen molar-refractivity contribution in [1.29, 1.82) is 0 Å². The number of rotatable bonds is 5. The summed E-state index contributed by atoms with van der Waals surface area (Å²) >= 11 is 0. The van der Waals surface area contributed by atoms with Gasteiger partial charge in [-0.05, 0) is 30.7 Å². The fourth-order valence-electron chi connectivity index (χ4n) is 3.15. The number of hydrogen-bond donors (Lipinski definition) is 2. The standard InChI is InChI=1S/C23H20N4O2/c1-16-8-10-17(11-9-16)15-27-12-4-6-20(23(27)29)22(28)26-25-14-18-13-24-21-7-3-2-5-19(18)21/h2-14,24H,15H2,1H3,(H,26,28)/b25-14-. The molecule has 4 aromatic rings. The summed E-state index contributed by atoms with van der Waals surface area (Å²) < 4.78 is 1.52. The van der Waals surface area contributed by atoms with E-state index in [-0.39, 0.29) is 11.1 Å². The van der Waals surface area contributed by atoms with Gasteiger partial charge in [0.1, 0.15) is 5.56 Å². The first-order chi connectivity index (χ1) is 14.1. The Balaban J connectivity index is 1.50. The zero-order valence-corrected chi connectivity index (χ0v) is 15.9. The molecule has 0 bridgehead atoms. The van der Waals surface area contributed by atoms with E-state index in [0.717, 1.165) is 27.6 Å². The van der Waals surface area contributed by atoms with E-state index in [1.165, 1.54) is 10.6 Å². The second kappa shape index (κ2) is 7.98. The van der Waals surface area contributed by atoms with Gasteiger partial charge in [-0.3, -0.25) is 9.59 Å². The number of benzene rings is 2. The Morgan fingerprint density at radius 1 is 1.10 bits per heavy atom. The maximum absolute atomic E-state index is 12.7. The fourth-order valence-corrected chi connectivity index (χ4v) is 3.15. The van der Waals surface area contributed by atoms with Crippen LogP contribution in [0.5, 0.6) is 0 Å². The number of pyridine rings is 1. The maximum Gasteiger partial charge on any atom is 0.276 e. The third-order valence-corrected chi connectivity index (χ3v) is 4.73. The van der Waals surface area contributed by atoms with E-state index < -0.39 is 5.91 Å². The smallest absolute Gasteiger partial charge is 0.276 e. The number of aryl methyl sites for hydroxylation is 1. The lowest BCUT2D eigenvalue weighted by molar-refractivity contribution is 0.0953. The van der Waals surface area contributed by atoms with Crippen LogP contribution in [0.1, 0.15) is 27.0 Å². The Bertz CT molecular complexity index is 1250. The molecule has 0 spiro atoms. The van der Waals surface area contributed by atoms with Crippen molar-refractivity contribution < 1.29 is 4.79 Å². The van der Waals surface area contributed by atoms with Gasteiger partial charge in [-0.15, -0.1) is 0 Å². The van der Waals surface area contributed by atoms with Crippen molar-refractivity contribution in [3.8, 4) is 0 Å². The summed E-state index contributed by atoms with van der Waals surface area (Å²) in [5.41, 5.74) is 6.13. The molecule has 2 aromatic heterocycles. The zero-order chi connectivity index (χ0) is 20.2. The molecule has 2 aromatic carbocycles. The van der Waals surface area contributed by atoms with Crippen LogP contribution in [-0.2, 0) is 6.54 Å². The number of nitrogens with one attached hydrogen (secondary N) is 2. The molecule has 0 saturated carbocycles. The highest BCUT2D eigenvalue weighted by atomic mass is 16.2. The van der Waals surface area contributed by atoms with Gasteiger partial charge in [0.25, 0.3) is 11.5 Å². The monoisotopic (exact) mass is 384 g/mol. The van der Waals surface area contributed by atoms with Crippen molar-refractivity contribution >= 4 is 23.0 Å². The van der Waals surface area contributed by atoms with Crippen molar-refractivity contribution in [2.24, 2.45) is 5.10 Å². The molecule has 4 rings (SSSR count). The van der Waals surface area contributed by atoms with Gasteiger partial charge in [0, 0.05) is 28.9 Å². The lowest BCUT2D eigenvalue weighted by atomic mass is 10.1. The van der Waals surface area contributed by atoms with E-state index in [0.29, 0.717) is 6.54 Å². The highest BCUT2D eigenvalue weighted by Crippen LogP contribution is 2.15. The first-order valence-corrected chi connectivity index (χ1v) is 9.26. The SMILES string of the molecule is Cc1ccc(Cn2cccc(C(=O)N/N=C\c3c[nH]c4ccccc34)c2=O)cc1.